The van der Waals surface area contributed by atoms with Gasteiger partial charge in [-0.3, -0.25) is 0 Å². The fraction of sp³-hybridized carbons (Fsp3) is 0.250. The van der Waals surface area contributed by atoms with E-state index in [0.717, 1.165) is 6.07 Å². The lowest BCUT2D eigenvalue weighted by Crippen LogP contribution is -2.22. The molecule has 0 amide bonds. The smallest absolute Gasteiger partial charge is 0.129 e. The molecule has 1 nitrogen and oxygen atoms in total. The first-order valence-electron chi connectivity index (χ1n) is 6.59. The van der Waals surface area contributed by atoms with Crippen molar-refractivity contribution in [1.29, 1.82) is 0 Å². The highest BCUT2D eigenvalue weighted by Gasteiger charge is 2.10. The second-order valence-electron chi connectivity index (χ2n) is 4.87. The predicted molar refractivity (Wildman–Crippen MR) is 80.6 cm³/mol. The van der Waals surface area contributed by atoms with Crippen LogP contribution in [0.15, 0.2) is 40.9 Å². The number of benzene rings is 2. The Morgan fingerprint density at radius 1 is 1.05 bits per heavy atom. The van der Waals surface area contributed by atoms with Crippen molar-refractivity contribution in [1.82, 2.24) is 5.32 Å². The summed E-state index contributed by atoms with van der Waals surface area (Å²) in [6.45, 7) is 2.35. The van der Waals surface area contributed by atoms with E-state index in [4.69, 9.17) is 0 Å². The molecule has 0 aliphatic heterocycles. The molecule has 1 N–H and O–H groups in total. The van der Waals surface area contributed by atoms with E-state index in [2.05, 4.69) is 21.2 Å². The van der Waals surface area contributed by atoms with Crippen LogP contribution in [0.2, 0.25) is 0 Å². The number of hydrogen-bond acceptors (Lipinski definition) is 1. The van der Waals surface area contributed by atoms with E-state index < -0.39 is 11.6 Å². The van der Waals surface area contributed by atoms with E-state index >= 15 is 0 Å². The molecule has 0 heterocycles. The number of hydrogen-bond donors (Lipinski definition) is 1. The lowest BCUT2D eigenvalue weighted by atomic mass is 10.1. The minimum atomic E-state index is -0.586. The van der Waals surface area contributed by atoms with E-state index in [1.54, 1.807) is 12.1 Å². The number of halogens is 4. The Morgan fingerprint density at radius 2 is 1.71 bits per heavy atom. The molecule has 0 fully saturated rings. The van der Waals surface area contributed by atoms with Crippen LogP contribution >= 0.6 is 15.9 Å². The Labute approximate surface area is 130 Å². The van der Waals surface area contributed by atoms with Gasteiger partial charge in [-0.2, -0.15) is 0 Å². The molecule has 5 heteroatoms. The fourth-order valence-corrected chi connectivity index (χ4v) is 2.48. The summed E-state index contributed by atoms with van der Waals surface area (Å²) in [5.41, 5.74) is 1.13. The van der Waals surface area contributed by atoms with Crippen molar-refractivity contribution in [2.45, 2.75) is 19.4 Å². The van der Waals surface area contributed by atoms with Crippen LogP contribution in [0.4, 0.5) is 13.2 Å². The molecule has 1 unspecified atom stereocenters. The first-order chi connectivity index (χ1) is 9.95. The highest BCUT2D eigenvalue weighted by Crippen LogP contribution is 2.20. The molecule has 0 spiro atoms. The normalized spacial score (nSPS) is 12.4. The molecule has 0 saturated carbocycles. The maximum absolute atomic E-state index is 13.8. The van der Waals surface area contributed by atoms with Gasteiger partial charge < -0.3 is 5.32 Å². The molecule has 0 radical (unpaired) electrons. The van der Waals surface area contributed by atoms with Crippen LogP contribution in [0.1, 0.15) is 24.1 Å². The Bertz CT molecular complexity index is 611. The molecule has 0 aliphatic rings. The van der Waals surface area contributed by atoms with Crippen LogP contribution in [0.25, 0.3) is 0 Å². The topological polar surface area (TPSA) is 12.0 Å². The quantitative estimate of drug-likeness (QED) is 0.813. The van der Waals surface area contributed by atoms with Gasteiger partial charge in [0.15, 0.2) is 0 Å². The molecular formula is C16H15BrF3N. The second kappa shape index (κ2) is 7.09. The summed E-state index contributed by atoms with van der Waals surface area (Å²) in [6, 6.07) is 8.16. The summed E-state index contributed by atoms with van der Waals surface area (Å²) in [4.78, 5) is 0. The van der Waals surface area contributed by atoms with Crippen LogP contribution in [0, 0.1) is 17.5 Å². The van der Waals surface area contributed by atoms with E-state index in [9.17, 15) is 13.2 Å². The molecule has 0 aromatic heterocycles. The minimum absolute atomic E-state index is 0.184. The zero-order valence-electron chi connectivity index (χ0n) is 11.5. The van der Waals surface area contributed by atoms with Gasteiger partial charge >= 0.3 is 0 Å². The van der Waals surface area contributed by atoms with Crippen LogP contribution in [0.5, 0.6) is 0 Å². The van der Waals surface area contributed by atoms with Gasteiger partial charge in [-0.1, -0.05) is 22.0 Å². The number of nitrogens with one attached hydrogen (secondary N) is 1. The summed E-state index contributed by atoms with van der Waals surface area (Å²) in [7, 11) is 0. The molecular weight excluding hydrogens is 343 g/mol. The highest BCUT2D eigenvalue weighted by molar-refractivity contribution is 9.10. The molecule has 2 aromatic rings. The summed E-state index contributed by atoms with van der Waals surface area (Å²) in [5, 5.41) is 3.15. The Kier molecular flexibility index (Phi) is 5.42. The fourth-order valence-electron chi connectivity index (χ4n) is 2.15. The maximum atomic E-state index is 13.8. The molecule has 1 atom stereocenters. The maximum Gasteiger partial charge on any atom is 0.129 e. The van der Waals surface area contributed by atoms with E-state index in [1.807, 2.05) is 6.92 Å². The third-order valence-corrected chi connectivity index (χ3v) is 3.71. The van der Waals surface area contributed by atoms with Crippen LogP contribution in [-0.4, -0.2) is 6.54 Å². The number of rotatable bonds is 5. The average Bonchev–Trinajstić information content (AvgIpc) is 2.37. The van der Waals surface area contributed by atoms with Gasteiger partial charge in [0.25, 0.3) is 0 Å². The van der Waals surface area contributed by atoms with Gasteiger partial charge in [-0.05, 0) is 49.7 Å². The predicted octanol–water partition coefficient (Wildman–Crippen LogP) is 4.76. The van der Waals surface area contributed by atoms with E-state index in [-0.39, 0.29) is 11.9 Å². The molecule has 21 heavy (non-hydrogen) atoms. The monoisotopic (exact) mass is 357 g/mol. The molecule has 2 rings (SSSR count). The van der Waals surface area contributed by atoms with E-state index in [0.29, 0.717) is 28.6 Å². The van der Waals surface area contributed by atoms with Gasteiger partial charge in [0.2, 0.25) is 0 Å². The van der Waals surface area contributed by atoms with Crippen molar-refractivity contribution in [2.24, 2.45) is 0 Å². The zero-order valence-corrected chi connectivity index (χ0v) is 13.1. The summed E-state index contributed by atoms with van der Waals surface area (Å²) in [6.07, 6.45) is 0.469. The molecule has 0 aliphatic carbocycles. The van der Waals surface area contributed by atoms with Crippen molar-refractivity contribution in [2.75, 3.05) is 6.54 Å². The first-order valence-corrected chi connectivity index (χ1v) is 7.38. The van der Waals surface area contributed by atoms with Crippen molar-refractivity contribution < 1.29 is 13.2 Å². The van der Waals surface area contributed by atoms with Crippen LogP contribution < -0.4 is 5.32 Å². The third kappa shape index (κ3) is 4.58. The first kappa shape index (κ1) is 16.0. The molecule has 112 valence electrons. The molecule has 0 bridgehead atoms. The van der Waals surface area contributed by atoms with Crippen LogP contribution in [0.3, 0.4) is 0 Å². The summed E-state index contributed by atoms with van der Waals surface area (Å²) >= 11 is 3.21. The SMILES string of the molecule is CC(NCCc1cc(F)cc(F)c1)c1ccc(Br)cc1F. The van der Waals surface area contributed by atoms with Crippen molar-refractivity contribution >= 4 is 15.9 Å². The van der Waals surface area contributed by atoms with Gasteiger partial charge in [0.1, 0.15) is 17.5 Å². The van der Waals surface area contributed by atoms with Gasteiger partial charge in [-0.15, -0.1) is 0 Å². The van der Waals surface area contributed by atoms with Gasteiger partial charge in [-0.25, -0.2) is 13.2 Å². The largest absolute Gasteiger partial charge is 0.310 e. The van der Waals surface area contributed by atoms with Crippen molar-refractivity contribution in [3.8, 4) is 0 Å². The zero-order chi connectivity index (χ0) is 15.4. The van der Waals surface area contributed by atoms with Gasteiger partial charge in [0, 0.05) is 22.1 Å². The molecule has 0 saturated heterocycles. The van der Waals surface area contributed by atoms with Gasteiger partial charge in [0.05, 0.1) is 0 Å². The second-order valence-corrected chi connectivity index (χ2v) is 5.79. The van der Waals surface area contributed by atoms with Crippen molar-refractivity contribution in [3.63, 3.8) is 0 Å². The highest BCUT2D eigenvalue weighted by atomic mass is 79.9. The van der Waals surface area contributed by atoms with Crippen molar-refractivity contribution in [3.05, 3.63) is 69.4 Å². The van der Waals surface area contributed by atoms with E-state index in [1.165, 1.54) is 18.2 Å². The van der Waals surface area contributed by atoms with Crippen LogP contribution in [-0.2, 0) is 6.42 Å². The Hall–Kier alpha value is -1.33. The minimum Gasteiger partial charge on any atom is -0.310 e. The Balaban J connectivity index is 1.93. The average molecular weight is 358 g/mol. The lowest BCUT2D eigenvalue weighted by Gasteiger charge is -2.15. The molecule has 2 aromatic carbocycles. The summed E-state index contributed by atoms with van der Waals surface area (Å²) in [5.74, 6) is -1.46. The lowest BCUT2D eigenvalue weighted by molar-refractivity contribution is 0.528. The standard InChI is InChI=1S/C16H15BrF3N/c1-10(15-3-2-12(17)8-16(15)20)21-5-4-11-6-13(18)9-14(19)7-11/h2-3,6-10,21H,4-5H2,1H3. The summed E-state index contributed by atoms with van der Waals surface area (Å²) < 4.78 is 40.6. The third-order valence-electron chi connectivity index (χ3n) is 3.22. The Morgan fingerprint density at radius 3 is 2.33 bits per heavy atom.